The Morgan fingerprint density at radius 1 is 1.27 bits per heavy atom. The Labute approximate surface area is 130 Å². The molecular formula is C16H21N3O3. The number of aromatic nitrogens is 2. The number of rotatable bonds is 7. The number of carbonyl (C=O) groups excluding carboxylic acids is 1. The summed E-state index contributed by atoms with van der Waals surface area (Å²) in [5.41, 5.74) is 2.06. The van der Waals surface area contributed by atoms with Crippen molar-refractivity contribution in [3.05, 3.63) is 41.7 Å². The van der Waals surface area contributed by atoms with Gasteiger partial charge in [-0.05, 0) is 32.0 Å². The number of benzene rings is 1. The summed E-state index contributed by atoms with van der Waals surface area (Å²) in [5, 5.41) is 7.15. The second-order valence-corrected chi connectivity index (χ2v) is 4.94. The van der Waals surface area contributed by atoms with Crippen molar-refractivity contribution in [1.29, 1.82) is 0 Å². The first-order valence-electron chi connectivity index (χ1n) is 7.13. The molecule has 1 heterocycles. The minimum absolute atomic E-state index is 0.0442. The lowest BCUT2D eigenvalue weighted by molar-refractivity contribution is -0.123. The number of amides is 1. The van der Waals surface area contributed by atoms with Crippen molar-refractivity contribution in [3.8, 4) is 11.5 Å². The van der Waals surface area contributed by atoms with Gasteiger partial charge in [-0.2, -0.15) is 5.10 Å². The highest BCUT2D eigenvalue weighted by molar-refractivity contribution is 5.77. The van der Waals surface area contributed by atoms with Gasteiger partial charge in [-0.3, -0.25) is 9.48 Å². The van der Waals surface area contributed by atoms with Crippen LogP contribution >= 0.6 is 0 Å². The molecule has 0 aliphatic carbocycles. The average molecular weight is 303 g/mol. The lowest BCUT2D eigenvalue weighted by atomic mass is 10.3. The molecule has 1 N–H and O–H groups in total. The van der Waals surface area contributed by atoms with Crippen LogP contribution in [0.1, 0.15) is 11.4 Å². The Kier molecular flexibility index (Phi) is 5.41. The van der Waals surface area contributed by atoms with Crippen molar-refractivity contribution in [2.24, 2.45) is 0 Å². The lowest BCUT2D eigenvalue weighted by Gasteiger charge is -2.10. The largest absolute Gasteiger partial charge is 0.493 e. The van der Waals surface area contributed by atoms with E-state index < -0.39 is 0 Å². The highest BCUT2D eigenvalue weighted by Gasteiger charge is 2.07. The highest BCUT2D eigenvalue weighted by Crippen LogP contribution is 2.25. The van der Waals surface area contributed by atoms with Crippen LogP contribution in [0.15, 0.2) is 30.3 Å². The molecule has 0 saturated carbocycles. The topological polar surface area (TPSA) is 65.4 Å². The molecule has 0 radical (unpaired) electrons. The molecule has 0 fully saturated rings. The number of ether oxygens (including phenoxy) is 2. The summed E-state index contributed by atoms with van der Waals surface area (Å²) in [7, 11) is 1.57. The standard InChI is InChI=1S/C16H21N3O3/c1-12-10-13(2)19(18-12)9-8-17-16(20)11-22-15-7-5-4-6-14(15)21-3/h4-7,10H,8-9,11H2,1-3H3,(H,17,20). The van der Waals surface area contributed by atoms with Crippen LogP contribution in [0, 0.1) is 13.8 Å². The predicted octanol–water partition coefficient (Wildman–Crippen LogP) is 1.70. The van der Waals surface area contributed by atoms with E-state index in [2.05, 4.69) is 10.4 Å². The molecule has 0 bridgehead atoms. The van der Waals surface area contributed by atoms with Gasteiger partial charge in [-0.1, -0.05) is 12.1 Å². The van der Waals surface area contributed by atoms with E-state index in [0.717, 1.165) is 11.4 Å². The maximum absolute atomic E-state index is 11.8. The van der Waals surface area contributed by atoms with Crippen molar-refractivity contribution in [3.63, 3.8) is 0 Å². The lowest BCUT2D eigenvalue weighted by Crippen LogP contribution is -2.32. The number of aryl methyl sites for hydroxylation is 2. The van der Waals surface area contributed by atoms with Crippen molar-refractivity contribution in [1.82, 2.24) is 15.1 Å². The van der Waals surface area contributed by atoms with Gasteiger partial charge in [0.25, 0.3) is 5.91 Å². The van der Waals surface area contributed by atoms with E-state index in [-0.39, 0.29) is 12.5 Å². The first-order valence-corrected chi connectivity index (χ1v) is 7.13. The fourth-order valence-corrected chi connectivity index (χ4v) is 2.13. The SMILES string of the molecule is COc1ccccc1OCC(=O)NCCn1nc(C)cc1C. The Bertz CT molecular complexity index is 637. The molecule has 0 atom stereocenters. The molecule has 1 aromatic heterocycles. The van der Waals surface area contributed by atoms with E-state index in [1.54, 1.807) is 19.2 Å². The molecule has 0 aliphatic heterocycles. The van der Waals surface area contributed by atoms with Gasteiger partial charge in [0.1, 0.15) is 0 Å². The number of carbonyl (C=O) groups is 1. The zero-order chi connectivity index (χ0) is 15.9. The molecule has 1 amide bonds. The van der Waals surface area contributed by atoms with Gasteiger partial charge in [-0.25, -0.2) is 0 Å². The minimum Gasteiger partial charge on any atom is -0.493 e. The van der Waals surface area contributed by atoms with Crippen molar-refractivity contribution in [2.45, 2.75) is 20.4 Å². The van der Waals surface area contributed by atoms with Gasteiger partial charge in [0.05, 0.1) is 19.3 Å². The van der Waals surface area contributed by atoms with Crippen LogP contribution in [0.3, 0.4) is 0 Å². The summed E-state index contributed by atoms with van der Waals surface area (Å²) >= 11 is 0. The van der Waals surface area contributed by atoms with E-state index in [9.17, 15) is 4.79 Å². The van der Waals surface area contributed by atoms with Gasteiger partial charge in [-0.15, -0.1) is 0 Å². The number of nitrogens with one attached hydrogen (secondary N) is 1. The second-order valence-electron chi connectivity index (χ2n) is 4.94. The summed E-state index contributed by atoms with van der Waals surface area (Å²) in [4.78, 5) is 11.8. The monoisotopic (exact) mass is 303 g/mol. The van der Waals surface area contributed by atoms with E-state index in [1.807, 2.05) is 36.7 Å². The molecule has 2 rings (SSSR count). The first-order chi connectivity index (χ1) is 10.6. The molecule has 118 valence electrons. The number of hydrogen-bond donors (Lipinski definition) is 1. The molecule has 6 nitrogen and oxygen atoms in total. The zero-order valence-electron chi connectivity index (χ0n) is 13.1. The predicted molar refractivity (Wildman–Crippen MR) is 83.2 cm³/mol. The Hall–Kier alpha value is -2.50. The van der Waals surface area contributed by atoms with Gasteiger partial charge in [0, 0.05) is 12.2 Å². The maximum Gasteiger partial charge on any atom is 0.258 e. The van der Waals surface area contributed by atoms with Crippen LogP contribution in [0.5, 0.6) is 11.5 Å². The maximum atomic E-state index is 11.8. The quantitative estimate of drug-likeness (QED) is 0.845. The number of hydrogen-bond acceptors (Lipinski definition) is 4. The molecule has 0 saturated heterocycles. The number of nitrogens with zero attached hydrogens (tertiary/aromatic N) is 2. The summed E-state index contributed by atoms with van der Waals surface area (Å²) in [6, 6.07) is 9.24. The Morgan fingerprint density at radius 3 is 2.64 bits per heavy atom. The minimum atomic E-state index is -0.174. The summed E-state index contributed by atoms with van der Waals surface area (Å²) in [6.45, 7) is 5.05. The Balaban J connectivity index is 1.75. The molecule has 6 heteroatoms. The summed E-state index contributed by atoms with van der Waals surface area (Å²) in [6.07, 6.45) is 0. The number of para-hydroxylation sites is 2. The average Bonchev–Trinajstić information content (AvgIpc) is 2.83. The van der Waals surface area contributed by atoms with Crippen LogP contribution < -0.4 is 14.8 Å². The highest BCUT2D eigenvalue weighted by atomic mass is 16.5. The van der Waals surface area contributed by atoms with Crippen molar-refractivity contribution < 1.29 is 14.3 Å². The third-order valence-corrected chi connectivity index (χ3v) is 3.18. The third kappa shape index (κ3) is 4.25. The molecular weight excluding hydrogens is 282 g/mol. The van der Waals surface area contributed by atoms with Crippen LogP contribution in [0.4, 0.5) is 0 Å². The van der Waals surface area contributed by atoms with Crippen LogP contribution in [-0.2, 0) is 11.3 Å². The molecule has 0 spiro atoms. The molecule has 0 aliphatic rings. The van der Waals surface area contributed by atoms with E-state index in [0.29, 0.717) is 24.6 Å². The number of methoxy groups -OCH3 is 1. The van der Waals surface area contributed by atoms with E-state index in [4.69, 9.17) is 9.47 Å². The molecule has 2 aromatic rings. The van der Waals surface area contributed by atoms with Gasteiger partial charge in [0.2, 0.25) is 0 Å². The van der Waals surface area contributed by atoms with Crippen molar-refractivity contribution >= 4 is 5.91 Å². The smallest absolute Gasteiger partial charge is 0.258 e. The molecule has 1 aromatic carbocycles. The Morgan fingerprint density at radius 2 is 2.00 bits per heavy atom. The summed E-state index contributed by atoms with van der Waals surface area (Å²) < 4.78 is 12.5. The van der Waals surface area contributed by atoms with E-state index in [1.165, 1.54) is 0 Å². The van der Waals surface area contributed by atoms with Gasteiger partial charge in [0.15, 0.2) is 18.1 Å². The molecule has 22 heavy (non-hydrogen) atoms. The fourth-order valence-electron chi connectivity index (χ4n) is 2.13. The third-order valence-electron chi connectivity index (χ3n) is 3.18. The van der Waals surface area contributed by atoms with Crippen LogP contribution in [0.25, 0.3) is 0 Å². The zero-order valence-corrected chi connectivity index (χ0v) is 13.1. The van der Waals surface area contributed by atoms with Crippen LogP contribution in [0.2, 0.25) is 0 Å². The van der Waals surface area contributed by atoms with E-state index >= 15 is 0 Å². The first kappa shape index (κ1) is 15.9. The normalized spacial score (nSPS) is 10.3. The second kappa shape index (κ2) is 7.49. The summed E-state index contributed by atoms with van der Waals surface area (Å²) in [5.74, 6) is 0.990. The van der Waals surface area contributed by atoms with Crippen LogP contribution in [-0.4, -0.2) is 35.9 Å². The van der Waals surface area contributed by atoms with Gasteiger partial charge < -0.3 is 14.8 Å². The fraction of sp³-hybridized carbons (Fsp3) is 0.375. The molecule has 0 unspecified atom stereocenters. The van der Waals surface area contributed by atoms with Crippen molar-refractivity contribution in [2.75, 3.05) is 20.3 Å². The van der Waals surface area contributed by atoms with Gasteiger partial charge >= 0.3 is 0 Å².